The maximum absolute atomic E-state index is 10.8. The van der Waals surface area contributed by atoms with Crippen molar-refractivity contribution in [1.29, 1.82) is 0 Å². The standard InChI is InChI=1S/C11H13NO3/c1-7-9-3-2-8(11(13)14)6-10(9)15-5-4-12-7/h2-3,6-7,12H,4-5H2,1H3,(H,13,14). The SMILES string of the molecule is CC1NCCOc2cc(C(=O)O)ccc21. The average molecular weight is 207 g/mol. The average Bonchev–Trinajstić information content (AvgIpc) is 2.40. The van der Waals surface area contributed by atoms with E-state index in [4.69, 9.17) is 9.84 Å². The molecule has 0 radical (unpaired) electrons. The molecular formula is C11H13NO3. The van der Waals surface area contributed by atoms with E-state index in [-0.39, 0.29) is 11.6 Å². The number of hydrogen-bond acceptors (Lipinski definition) is 3. The first kappa shape index (κ1) is 9.98. The van der Waals surface area contributed by atoms with Crippen LogP contribution in [0.3, 0.4) is 0 Å². The molecule has 4 nitrogen and oxygen atoms in total. The van der Waals surface area contributed by atoms with Gasteiger partial charge in [0.1, 0.15) is 12.4 Å². The van der Waals surface area contributed by atoms with Gasteiger partial charge < -0.3 is 15.2 Å². The molecular weight excluding hydrogens is 194 g/mol. The Morgan fingerprint density at radius 1 is 1.60 bits per heavy atom. The lowest BCUT2D eigenvalue weighted by Crippen LogP contribution is -2.20. The van der Waals surface area contributed by atoms with Crippen molar-refractivity contribution in [2.24, 2.45) is 0 Å². The van der Waals surface area contributed by atoms with Crippen molar-refractivity contribution in [3.8, 4) is 5.75 Å². The van der Waals surface area contributed by atoms with Crippen molar-refractivity contribution in [1.82, 2.24) is 5.32 Å². The van der Waals surface area contributed by atoms with Crippen molar-refractivity contribution >= 4 is 5.97 Å². The predicted molar refractivity (Wildman–Crippen MR) is 55.3 cm³/mol. The van der Waals surface area contributed by atoms with Gasteiger partial charge >= 0.3 is 5.97 Å². The highest BCUT2D eigenvalue weighted by atomic mass is 16.5. The molecule has 0 amide bonds. The topological polar surface area (TPSA) is 58.6 Å². The van der Waals surface area contributed by atoms with E-state index in [1.54, 1.807) is 12.1 Å². The summed E-state index contributed by atoms with van der Waals surface area (Å²) in [6.45, 7) is 3.38. The molecule has 2 N–H and O–H groups in total. The molecule has 1 heterocycles. The van der Waals surface area contributed by atoms with Crippen LogP contribution < -0.4 is 10.1 Å². The first-order valence-electron chi connectivity index (χ1n) is 4.92. The van der Waals surface area contributed by atoms with E-state index in [0.29, 0.717) is 12.4 Å². The molecule has 15 heavy (non-hydrogen) atoms. The van der Waals surface area contributed by atoms with Crippen LogP contribution in [0.15, 0.2) is 18.2 Å². The van der Waals surface area contributed by atoms with Crippen LogP contribution in [0.1, 0.15) is 28.9 Å². The molecule has 0 saturated heterocycles. The van der Waals surface area contributed by atoms with E-state index in [2.05, 4.69) is 5.32 Å². The summed E-state index contributed by atoms with van der Waals surface area (Å²) in [7, 11) is 0. The number of fused-ring (bicyclic) bond motifs is 1. The highest BCUT2D eigenvalue weighted by Gasteiger charge is 2.16. The maximum atomic E-state index is 10.8. The Kier molecular flexibility index (Phi) is 2.60. The summed E-state index contributed by atoms with van der Waals surface area (Å²) in [4.78, 5) is 10.8. The fraction of sp³-hybridized carbons (Fsp3) is 0.364. The zero-order valence-electron chi connectivity index (χ0n) is 8.49. The van der Waals surface area contributed by atoms with Crippen LogP contribution in [-0.2, 0) is 0 Å². The smallest absolute Gasteiger partial charge is 0.335 e. The largest absolute Gasteiger partial charge is 0.492 e. The molecule has 0 aliphatic carbocycles. The van der Waals surface area contributed by atoms with Gasteiger partial charge in [-0.05, 0) is 19.1 Å². The van der Waals surface area contributed by atoms with Crippen LogP contribution in [0.2, 0.25) is 0 Å². The number of carboxylic acid groups (broad SMARTS) is 1. The summed E-state index contributed by atoms with van der Waals surface area (Å²) >= 11 is 0. The minimum atomic E-state index is -0.925. The Bertz CT molecular complexity index is 389. The molecule has 1 aromatic rings. The van der Waals surface area contributed by atoms with Crippen LogP contribution in [0.25, 0.3) is 0 Å². The van der Waals surface area contributed by atoms with Crippen molar-refractivity contribution in [3.63, 3.8) is 0 Å². The molecule has 1 atom stereocenters. The minimum Gasteiger partial charge on any atom is -0.492 e. The summed E-state index contributed by atoms with van der Waals surface area (Å²) < 4.78 is 5.48. The monoisotopic (exact) mass is 207 g/mol. The Morgan fingerprint density at radius 2 is 2.40 bits per heavy atom. The third kappa shape index (κ3) is 1.94. The number of carboxylic acids is 1. The van der Waals surface area contributed by atoms with E-state index in [1.165, 1.54) is 0 Å². The molecule has 4 heteroatoms. The van der Waals surface area contributed by atoms with E-state index in [1.807, 2.05) is 13.0 Å². The highest BCUT2D eigenvalue weighted by molar-refractivity contribution is 5.88. The first-order valence-corrected chi connectivity index (χ1v) is 4.92. The van der Waals surface area contributed by atoms with Gasteiger partial charge in [-0.25, -0.2) is 4.79 Å². The summed E-state index contributed by atoms with van der Waals surface area (Å²) in [5.41, 5.74) is 1.28. The molecule has 0 spiro atoms. The highest BCUT2D eigenvalue weighted by Crippen LogP contribution is 2.27. The number of aromatic carboxylic acids is 1. The summed E-state index contributed by atoms with van der Waals surface area (Å²) in [6.07, 6.45) is 0. The molecule has 80 valence electrons. The van der Waals surface area contributed by atoms with E-state index >= 15 is 0 Å². The lowest BCUT2D eigenvalue weighted by atomic mass is 10.0. The van der Waals surface area contributed by atoms with Gasteiger partial charge in [0.15, 0.2) is 0 Å². The van der Waals surface area contributed by atoms with Gasteiger partial charge in [0.2, 0.25) is 0 Å². The quantitative estimate of drug-likeness (QED) is 0.731. The number of benzene rings is 1. The third-order valence-electron chi connectivity index (χ3n) is 2.54. The number of rotatable bonds is 1. The van der Waals surface area contributed by atoms with Crippen LogP contribution in [0.4, 0.5) is 0 Å². The Hall–Kier alpha value is -1.55. The number of hydrogen-bond donors (Lipinski definition) is 2. The molecule has 0 saturated carbocycles. The second kappa shape index (κ2) is 3.90. The molecule has 1 aliphatic heterocycles. The van der Waals surface area contributed by atoms with Gasteiger partial charge in [-0.2, -0.15) is 0 Å². The molecule has 1 unspecified atom stereocenters. The van der Waals surface area contributed by atoms with Crippen LogP contribution in [-0.4, -0.2) is 24.2 Å². The van der Waals surface area contributed by atoms with E-state index in [0.717, 1.165) is 12.1 Å². The summed E-state index contributed by atoms with van der Waals surface area (Å²) in [5, 5.41) is 12.1. The van der Waals surface area contributed by atoms with E-state index < -0.39 is 5.97 Å². The molecule has 2 rings (SSSR count). The first-order chi connectivity index (χ1) is 7.18. The number of carbonyl (C=O) groups is 1. The molecule has 0 aromatic heterocycles. The van der Waals surface area contributed by atoms with Crippen molar-refractivity contribution < 1.29 is 14.6 Å². The van der Waals surface area contributed by atoms with Gasteiger partial charge in [0.25, 0.3) is 0 Å². The molecule has 0 bridgehead atoms. The fourth-order valence-electron chi connectivity index (χ4n) is 1.70. The van der Waals surface area contributed by atoms with Crippen molar-refractivity contribution in [2.75, 3.05) is 13.2 Å². The Balaban J connectivity index is 2.42. The lowest BCUT2D eigenvalue weighted by molar-refractivity contribution is 0.0696. The third-order valence-corrected chi connectivity index (χ3v) is 2.54. The fourth-order valence-corrected chi connectivity index (χ4v) is 1.70. The second-order valence-corrected chi connectivity index (χ2v) is 3.58. The zero-order chi connectivity index (χ0) is 10.8. The van der Waals surface area contributed by atoms with Crippen LogP contribution in [0, 0.1) is 0 Å². The number of nitrogens with one attached hydrogen (secondary N) is 1. The summed E-state index contributed by atoms with van der Waals surface area (Å²) in [5.74, 6) is -0.251. The normalized spacial score (nSPS) is 19.9. The summed E-state index contributed by atoms with van der Waals surface area (Å²) in [6, 6.07) is 5.20. The van der Waals surface area contributed by atoms with Gasteiger partial charge in [-0.15, -0.1) is 0 Å². The van der Waals surface area contributed by atoms with E-state index in [9.17, 15) is 4.79 Å². The van der Waals surface area contributed by atoms with Crippen molar-refractivity contribution in [3.05, 3.63) is 29.3 Å². The lowest BCUT2D eigenvalue weighted by Gasteiger charge is -2.12. The Labute approximate surface area is 87.9 Å². The maximum Gasteiger partial charge on any atom is 0.335 e. The molecule has 1 aromatic carbocycles. The van der Waals surface area contributed by atoms with Gasteiger partial charge in [-0.3, -0.25) is 0 Å². The minimum absolute atomic E-state index is 0.199. The second-order valence-electron chi connectivity index (χ2n) is 3.58. The molecule has 1 aliphatic rings. The number of ether oxygens (including phenoxy) is 1. The van der Waals surface area contributed by atoms with Crippen molar-refractivity contribution in [2.45, 2.75) is 13.0 Å². The van der Waals surface area contributed by atoms with Gasteiger partial charge in [0.05, 0.1) is 5.56 Å². The van der Waals surface area contributed by atoms with Crippen LogP contribution in [0.5, 0.6) is 5.75 Å². The van der Waals surface area contributed by atoms with Gasteiger partial charge in [0, 0.05) is 18.2 Å². The zero-order valence-corrected chi connectivity index (χ0v) is 8.49. The predicted octanol–water partition coefficient (Wildman–Crippen LogP) is 1.43. The van der Waals surface area contributed by atoms with Crippen LogP contribution >= 0.6 is 0 Å². The Morgan fingerprint density at radius 3 is 3.13 bits per heavy atom. The van der Waals surface area contributed by atoms with Gasteiger partial charge in [-0.1, -0.05) is 6.07 Å². The molecule has 0 fully saturated rings.